The summed E-state index contributed by atoms with van der Waals surface area (Å²) in [6.07, 6.45) is 0.0334. The molecular formula is C27H23Cl2N3O3. The Kier molecular flexibility index (Phi) is 7.24. The van der Waals surface area contributed by atoms with Crippen molar-refractivity contribution in [2.45, 2.75) is 26.9 Å². The van der Waals surface area contributed by atoms with Gasteiger partial charge in [0.2, 0.25) is 0 Å². The highest BCUT2D eigenvalue weighted by Gasteiger charge is 2.16. The van der Waals surface area contributed by atoms with Crippen LogP contribution in [0.4, 0.5) is 0 Å². The van der Waals surface area contributed by atoms with E-state index in [1.807, 2.05) is 62.4 Å². The molecule has 0 saturated carbocycles. The van der Waals surface area contributed by atoms with Gasteiger partial charge in [-0.15, -0.1) is 0 Å². The number of ether oxygens (including phenoxy) is 1. The second-order valence-corrected chi connectivity index (χ2v) is 9.03. The molecule has 4 aromatic rings. The maximum atomic E-state index is 13.2. The molecule has 1 amide bonds. The maximum absolute atomic E-state index is 13.2. The van der Waals surface area contributed by atoms with Gasteiger partial charge in [0, 0.05) is 21.5 Å². The number of nitrogens with zero attached hydrogens (tertiary/aromatic N) is 2. The Morgan fingerprint density at radius 2 is 1.80 bits per heavy atom. The zero-order valence-electron chi connectivity index (χ0n) is 19.3. The van der Waals surface area contributed by atoms with E-state index in [4.69, 9.17) is 32.9 Å². The molecule has 0 radical (unpaired) electrons. The van der Waals surface area contributed by atoms with Gasteiger partial charge in [-0.1, -0.05) is 53.5 Å². The normalized spacial score (nSPS) is 11.7. The molecule has 35 heavy (non-hydrogen) atoms. The number of phenolic OH excluding ortho intramolecular Hbond substituents is 1. The number of amides is 1. The van der Waals surface area contributed by atoms with Gasteiger partial charge in [0.1, 0.15) is 11.5 Å². The molecule has 0 spiro atoms. The van der Waals surface area contributed by atoms with E-state index in [0.717, 1.165) is 11.3 Å². The summed E-state index contributed by atoms with van der Waals surface area (Å²) in [5.41, 5.74) is 5.77. The average Bonchev–Trinajstić information content (AvgIpc) is 2.83. The first-order chi connectivity index (χ1) is 16.7. The molecule has 0 saturated heterocycles. The van der Waals surface area contributed by atoms with Gasteiger partial charge in [-0.3, -0.25) is 4.79 Å². The lowest BCUT2D eigenvalue weighted by molar-refractivity contribution is 0.0956. The molecule has 0 aliphatic rings. The van der Waals surface area contributed by atoms with Crippen LogP contribution in [-0.2, 0) is 0 Å². The molecule has 3 aromatic carbocycles. The number of nitrogens with one attached hydrogen (secondary N) is 1. The summed E-state index contributed by atoms with van der Waals surface area (Å²) in [6, 6.07) is 19.7. The van der Waals surface area contributed by atoms with Crippen LogP contribution in [0.5, 0.6) is 11.5 Å². The first-order valence-corrected chi connectivity index (χ1v) is 11.7. The van der Waals surface area contributed by atoms with E-state index in [0.29, 0.717) is 38.5 Å². The van der Waals surface area contributed by atoms with Crippen LogP contribution in [0.1, 0.15) is 36.7 Å². The number of carbonyl (C=O) groups is 1. The van der Waals surface area contributed by atoms with Crippen molar-refractivity contribution in [1.82, 2.24) is 10.4 Å². The number of rotatable bonds is 6. The van der Waals surface area contributed by atoms with E-state index < -0.39 is 5.91 Å². The number of para-hydroxylation sites is 1. The molecule has 6 nitrogen and oxygen atoms in total. The van der Waals surface area contributed by atoms with E-state index >= 15 is 0 Å². The number of benzene rings is 3. The molecule has 4 rings (SSSR count). The number of aromatic hydroxyl groups is 1. The summed E-state index contributed by atoms with van der Waals surface area (Å²) in [7, 11) is 0. The summed E-state index contributed by atoms with van der Waals surface area (Å²) < 4.78 is 5.81. The summed E-state index contributed by atoms with van der Waals surface area (Å²) >= 11 is 12.1. The highest BCUT2D eigenvalue weighted by Crippen LogP contribution is 2.32. The molecule has 2 N–H and O–H groups in total. The molecule has 0 aliphatic carbocycles. The lowest BCUT2D eigenvalue weighted by Gasteiger charge is -2.12. The van der Waals surface area contributed by atoms with E-state index in [1.54, 1.807) is 13.0 Å². The molecule has 0 bridgehead atoms. The SMILES string of the molecule is CC(=NNC(=O)c1cc(-c2cccc(OC(C)C)c2)nc2ccccc12)c1cc(Cl)cc(Cl)c1O. The molecule has 0 aliphatic heterocycles. The molecule has 1 aromatic heterocycles. The van der Waals surface area contributed by atoms with Crippen LogP contribution in [-0.4, -0.2) is 27.8 Å². The summed E-state index contributed by atoms with van der Waals surface area (Å²) in [5.74, 6) is 0.136. The number of hydrogen-bond donors (Lipinski definition) is 2. The summed E-state index contributed by atoms with van der Waals surface area (Å²) in [5, 5.41) is 15.6. The van der Waals surface area contributed by atoms with Gasteiger partial charge in [-0.25, -0.2) is 10.4 Å². The number of phenols is 1. The van der Waals surface area contributed by atoms with E-state index in [1.165, 1.54) is 12.1 Å². The third-order valence-corrected chi connectivity index (χ3v) is 5.71. The van der Waals surface area contributed by atoms with E-state index in [2.05, 4.69) is 10.5 Å². The van der Waals surface area contributed by atoms with Crippen LogP contribution in [0.15, 0.2) is 71.8 Å². The lowest BCUT2D eigenvalue weighted by atomic mass is 10.0. The van der Waals surface area contributed by atoms with Gasteiger partial charge in [0.25, 0.3) is 5.91 Å². The van der Waals surface area contributed by atoms with Gasteiger partial charge in [-0.05, 0) is 57.2 Å². The number of pyridine rings is 1. The van der Waals surface area contributed by atoms with Crippen LogP contribution in [0.3, 0.4) is 0 Å². The molecule has 1 heterocycles. The summed E-state index contributed by atoms with van der Waals surface area (Å²) in [4.78, 5) is 18.0. The van der Waals surface area contributed by atoms with Crippen molar-refractivity contribution in [2.24, 2.45) is 5.10 Å². The van der Waals surface area contributed by atoms with Crippen molar-refractivity contribution in [3.05, 3.63) is 87.9 Å². The molecule has 8 heteroatoms. The lowest BCUT2D eigenvalue weighted by Crippen LogP contribution is -2.20. The number of hydrazone groups is 1. The average molecular weight is 508 g/mol. The number of aromatic nitrogens is 1. The second kappa shape index (κ2) is 10.3. The van der Waals surface area contributed by atoms with E-state index in [-0.39, 0.29) is 16.9 Å². The van der Waals surface area contributed by atoms with Crippen molar-refractivity contribution >= 4 is 45.7 Å². The predicted molar refractivity (Wildman–Crippen MR) is 141 cm³/mol. The number of carbonyl (C=O) groups excluding carboxylic acids is 1. The Bertz CT molecular complexity index is 1450. The molecule has 178 valence electrons. The van der Waals surface area contributed by atoms with E-state index in [9.17, 15) is 9.90 Å². The fraction of sp³-hybridized carbons (Fsp3) is 0.148. The van der Waals surface area contributed by atoms with Gasteiger partial charge >= 0.3 is 0 Å². The topological polar surface area (TPSA) is 83.8 Å². The molecule has 0 fully saturated rings. The van der Waals surface area contributed by atoms with Crippen molar-refractivity contribution in [2.75, 3.05) is 0 Å². The minimum atomic E-state index is -0.425. The second-order valence-electron chi connectivity index (χ2n) is 8.19. The van der Waals surface area contributed by atoms with Crippen molar-refractivity contribution in [3.8, 4) is 22.8 Å². The largest absolute Gasteiger partial charge is 0.506 e. The van der Waals surface area contributed by atoms with Crippen LogP contribution in [0.25, 0.3) is 22.2 Å². The monoisotopic (exact) mass is 507 g/mol. The third-order valence-electron chi connectivity index (χ3n) is 5.21. The van der Waals surface area contributed by atoms with Gasteiger partial charge < -0.3 is 9.84 Å². The smallest absolute Gasteiger partial charge is 0.272 e. The standard InChI is InChI=1S/C27H23Cl2N3O3/c1-15(2)35-19-8-6-7-17(11-19)25-14-22(20-9-4-5-10-24(20)30-25)27(34)32-31-16(3)21-12-18(28)13-23(29)26(21)33/h4-15,33H,1-3H3,(H,32,34). The molecular weight excluding hydrogens is 485 g/mol. The third kappa shape index (κ3) is 5.56. The van der Waals surface area contributed by atoms with Gasteiger partial charge in [0.05, 0.1) is 33.6 Å². The van der Waals surface area contributed by atoms with Crippen LogP contribution >= 0.6 is 23.2 Å². The Balaban J connectivity index is 1.71. The zero-order chi connectivity index (χ0) is 25.1. The zero-order valence-corrected chi connectivity index (χ0v) is 20.9. The fourth-order valence-corrected chi connectivity index (χ4v) is 4.10. The first kappa shape index (κ1) is 24.5. The Morgan fingerprint density at radius 3 is 2.57 bits per heavy atom. The minimum Gasteiger partial charge on any atom is -0.506 e. The molecule has 0 atom stereocenters. The Morgan fingerprint density at radius 1 is 1.03 bits per heavy atom. The maximum Gasteiger partial charge on any atom is 0.272 e. The number of hydrogen-bond acceptors (Lipinski definition) is 5. The fourth-order valence-electron chi connectivity index (χ4n) is 3.61. The quantitative estimate of drug-likeness (QED) is 0.220. The highest BCUT2D eigenvalue weighted by molar-refractivity contribution is 6.36. The van der Waals surface area contributed by atoms with Crippen molar-refractivity contribution in [1.29, 1.82) is 0 Å². The number of halogens is 2. The predicted octanol–water partition coefficient (Wildman–Crippen LogP) is 6.86. The van der Waals surface area contributed by atoms with Crippen molar-refractivity contribution < 1.29 is 14.6 Å². The first-order valence-electron chi connectivity index (χ1n) is 10.9. The van der Waals surface area contributed by atoms with Crippen molar-refractivity contribution in [3.63, 3.8) is 0 Å². The Hall–Kier alpha value is -3.61. The van der Waals surface area contributed by atoms with Crippen LogP contribution in [0.2, 0.25) is 10.0 Å². The highest BCUT2D eigenvalue weighted by atomic mass is 35.5. The minimum absolute atomic E-state index is 0.0334. The Labute approximate surface area is 213 Å². The molecule has 0 unspecified atom stereocenters. The van der Waals surface area contributed by atoms with Crippen LogP contribution < -0.4 is 10.2 Å². The van der Waals surface area contributed by atoms with Gasteiger partial charge in [0.15, 0.2) is 0 Å². The van der Waals surface area contributed by atoms with Crippen LogP contribution in [0, 0.1) is 0 Å². The number of fused-ring (bicyclic) bond motifs is 1. The summed E-state index contributed by atoms with van der Waals surface area (Å²) in [6.45, 7) is 5.56. The van der Waals surface area contributed by atoms with Gasteiger partial charge in [-0.2, -0.15) is 5.10 Å².